The fourth-order valence-corrected chi connectivity index (χ4v) is 3.51. The van der Waals surface area contributed by atoms with Crippen LogP contribution in [0.15, 0.2) is 66.4 Å². The van der Waals surface area contributed by atoms with Crippen LogP contribution in [0.3, 0.4) is 0 Å². The predicted molar refractivity (Wildman–Crippen MR) is 103 cm³/mol. The van der Waals surface area contributed by atoms with Crippen molar-refractivity contribution >= 4 is 5.70 Å². The molecule has 0 radical (unpaired) electrons. The highest BCUT2D eigenvalue weighted by atomic mass is 35.7. The van der Waals surface area contributed by atoms with Gasteiger partial charge >= 0.3 is 0 Å². The molecule has 0 bridgehead atoms. The lowest BCUT2D eigenvalue weighted by Gasteiger charge is -2.23. The van der Waals surface area contributed by atoms with Crippen molar-refractivity contribution in [1.29, 1.82) is 0 Å². The van der Waals surface area contributed by atoms with E-state index in [9.17, 15) is 0 Å². The molecule has 0 aliphatic carbocycles. The van der Waals surface area contributed by atoms with Crippen LogP contribution in [-0.2, 0) is 4.74 Å². The van der Waals surface area contributed by atoms with Crippen LogP contribution in [0.1, 0.15) is 43.4 Å². The van der Waals surface area contributed by atoms with E-state index in [2.05, 4.69) is 86.7 Å². The van der Waals surface area contributed by atoms with Gasteiger partial charge in [0.2, 0.25) is 0 Å². The van der Waals surface area contributed by atoms with Gasteiger partial charge in [-0.05, 0) is 24.1 Å². The molecule has 7 nitrogen and oxygen atoms in total. The summed E-state index contributed by atoms with van der Waals surface area (Å²) in [7, 11) is -0.584. The first-order valence-electron chi connectivity index (χ1n) is 9.89. The maximum atomic E-state index is 8.49. The number of benzene rings is 2. The molecule has 0 amide bonds. The fourth-order valence-electron chi connectivity index (χ4n) is 3.51. The SMILES string of the molecule is CCCCCOC1=C(c2ccccc2)[NH+](C)N(C)C1c1ccccc1.[O-][Cl+3]([O-])([O-])[O-]. The third-order valence-corrected chi connectivity index (χ3v) is 4.96. The van der Waals surface area contributed by atoms with Crippen LogP contribution in [0.2, 0.25) is 0 Å². The molecular weight excluding hydrogens is 408 g/mol. The molecule has 1 aliphatic heterocycles. The van der Waals surface area contributed by atoms with E-state index >= 15 is 0 Å². The van der Waals surface area contributed by atoms with Gasteiger partial charge in [-0.1, -0.05) is 68.3 Å². The highest BCUT2D eigenvalue weighted by Crippen LogP contribution is 2.34. The Morgan fingerprint density at radius 3 is 2.00 bits per heavy atom. The number of rotatable bonds is 7. The summed E-state index contributed by atoms with van der Waals surface area (Å²) in [6.07, 6.45) is 3.52. The average molecular weight is 437 g/mol. The average Bonchev–Trinajstić information content (AvgIpc) is 2.95. The number of unbranched alkanes of at least 4 members (excludes halogenated alkanes) is 2. The van der Waals surface area contributed by atoms with Crippen molar-refractivity contribution < 1.29 is 38.6 Å². The maximum Gasteiger partial charge on any atom is 0.198 e. The lowest BCUT2D eigenvalue weighted by Crippen LogP contribution is -3.11. The zero-order valence-electron chi connectivity index (χ0n) is 17.5. The van der Waals surface area contributed by atoms with E-state index in [0.717, 1.165) is 18.8 Å². The molecule has 8 heteroatoms. The van der Waals surface area contributed by atoms with Crippen LogP contribution in [0, 0.1) is 10.2 Å². The fraction of sp³-hybridized carbons (Fsp3) is 0.364. The van der Waals surface area contributed by atoms with Gasteiger partial charge in [0.1, 0.15) is 6.04 Å². The molecular formula is C22H29ClN2O5. The molecule has 1 heterocycles. The summed E-state index contributed by atoms with van der Waals surface area (Å²) in [6.45, 7) is 3.01. The Bertz CT molecular complexity index is 790. The molecule has 2 atom stereocenters. The Morgan fingerprint density at radius 2 is 1.47 bits per heavy atom. The molecule has 0 saturated heterocycles. The van der Waals surface area contributed by atoms with Gasteiger partial charge in [0.05, 0.1) is 13.7 Å². The first-order valence-corrected chi connectivity index (χ1v) is 11.1. The molecule has 0 saturated carbocycles. The molecule has 2 aromatic rings. The summed E-state index contributed by atoms with van der Waals surface area (Å²) >= 11 is 0. The maximum absolute atomic E-state index is 8.49. The first-order chi connectivity index (χ1) is 14.2. The van der Waals surface area contributed by atoms with Gasteiger partial charge < -0.3 is 4.74 Å². The Kier molecular flexibility index (Phi) is 9.26. The Labute approximate surface area is 180 Å². The monoisotopic (exact) mass is 436 g/mol. The van der Waals surface area contributed by atoms with Crippen molar-refractivity contribution in [3.63, 3.8) is 0 Å². The molecule has 2 unspecified atom stereocenters. The summed E-state index contributed by atoms with van der Waals surface area (Å²) < 4.78 is 40.4. The zero-order valence-corrected chi connectivity index (χ0v) is 18.3. The van der Waals surface area contributed by atoms with E-state index in [0.29, 0.717) is 0 Å². The van der Waals surface area contributed by atoms with Gasteiger partial charge in [-0.2, -0.15) is 0 Å². The normalized spacial score (nSPS) is 19.4. The van der Waals surface area contributed by atoms with Crippen molar-refractivity contribution in [3.8, 4) is 0 Å². The number of ether oxygens (including phenoxy) is 1. The van der Waals surface area contributed by atoms with Crippen molar-refractivity contribution in [2.75, 3.05) is 20.7 Å². The molecule has 3 rings (SSSR count). The largest absolute Gasteiger partial charge is 0.490 e. The Morgan fingerprint density at radius 1 is 0.933 bits per heavy atom. The number of likely N-dealkylation sites (N-methyl/N-ethyl adjacent to an activating group) is 1. The zero-order chi connectivity index (χ0) is 22.1. The molecule has 1 aliphatic rings. The quantitative estimate of drug-likeness (QED) is 0.553. The van der Waals surface area contributed by atoms with Crippen LogP contribution in [0.25, 0.3) is 5.70 Å². The first kappa shape index (κ1) is 24.3. The lowest BCUT2D eigenvalue weighted by atomic mass is 10.0. The highest BCUT2D eigenvalue weighted by molar-refractivity contribution is 5.63. The standard InChI is InChI=1S/C22H28N2O.ClHO4/c1-4-5-12-17-25-22-20(18-13-8-6-9-14-18)23(2)24(3)21(22)19-15-10-7-11-16-19;2-1(3,4)5/h6-11,13-16,20H,4-5,12,17H2,1-3H3;(H,2,3,4,5). The number of quaternary nitrogens is 1. The van der Waals surface area contributed by atoms with Crippen LogP contribution in [-0.4, -0.2) is 25.7 Å². The van der Waals surface area contributed by atoms with Crippen LogP contribution >= 0.6 is 0 Å². The second-order valence-corrected chi connectivity index (χ2v) is 7.80. The van der Waals surface area contributed by atoms with Crippen molar-refractivity contribution in [1.82, 2.24) is 5.01 Å². The van der Waals surface area contributed by atoms with Crippen LogP contribution in [0.5, 0.6) is 0 Å². The number of hydrogen-bond acceptors (Lipinski definition) is 6. The lowest BCUT2D eigenvalue weighted by molar-refractivity contribution is -2.00. The van der Waals surface area contributed by atoms with Crippen molar-refractivity contribution in [2.24, 2.45) is 0 Å². The number of nitrogens with zero attached hydrogens (tertiary/aromatic N) is 1. The smallest absolute Gasteiger partial charge is 0.198 e. The van der Waals surface area contributed by atoms with Gasteiger partial charge in [-0.15, -0.1) is 15.3 Å². The minimum atomic E-state index is -4.94. The summed E-state index contributed by atoms with van der Waals surface area (Å²) in [5, 5.41) is 3.61. The molecule has 0 fully saturated rings. The second-order valence-electron chi connectivity index (χ2n) is 7.05. The van der Waals surface area contributed by atoms with E-state index in [1.165, 1.54) is 34.7 Å². The number of halogens is 1. The van der Waals surface area contributed by atoms with Gasteiger partial charge in [-0.25, -0.2) is 23.6 Å². The number of hydrogen-bond donors (Lipinski definition) is 1. The van der Waals surface area contributed by atoms with E-state index in [1.54, 1.807) is 0 Å². The third kappa shape index (κ3) is 7.07. The molecule has 1 N–H and O–H groups in total. The van der Waals surface area contributed by atoms with Crippen LogP contribution in [0.4, 0.5) is 0 Å². The summed E-state index contributed by atoms with van der Waals surface area (Å²) in [5.74, 6) is 1.09. The molecule has 30 heavy (non-hydrogen) atoms. The minimum Gasteiger partial charge on any atom is -0.490 e. The van der Waals surface area contributed by atoms with Gasteiger partial charge in [0.25, 0.3) is 0 Å². The van der Waals surface area contributed by atoms with E-state index in [1.807, 2.05) is 0 Å². The van der Waals surface area contributed by atoms with Crippen molar-refractivity contribution in [2.45, 2.75) is 32.2 Å². The Hall–Kier alpha value is -1.97. The highest BCUT2D eigenvalue weighted by Gasteiger charge is 2.42. The van der Waals surface area contributed by atoms with Gasteiger partial charge in [0.15, 0.2) is 11.5 Å². The van der Waals surface area contributed by atoms with E-state index in [4.69, 9.17) is 23.4 Å². The predicted octanol–water partition coefficient (Wildman–Crippen LogP) is -1.08. The molecule has 0 aromatic heterocycles. The molecule has 0 spiro atoms. The summed E-state index contributed by atoms with van der Waals surface area (Å²) in [4.78, 5) is 0. The third-order valence-electron chi connectivity index (χ3n) is 4.96. The van der Waals surface area contributed by atoms with Gasteiger partial charge in [0, 0.05) is 12.6 Å². The molecule has 164 valence electrons. The van der Waals surface area contributed by atoms with E-state index in [-0.39, 0.29) is 6.04 Å². The Balaban J connectivity index is 0.000000575. The second kappa shape index (κ2) is 11.4. The molecule has 2 aromatic carbocycles. The number of nitrogens with one attached hydrogen (secondary N) is 1. The van der Waals surface area contributed by atoms with Crippen LogP contribution < -0.4 is 23.6 Å². The summed E-state index contributed by atoms with van der Waals surface area (Å²) in [5.41, 5.74) is 3.75. The topological polar surface area (TPSA) is 109 Å². The van der Waals surface area contributed by atoms with Crippen molar-refractivity contribution in [3.05, 3.63) is 77.5 Å². The van der Waals surface area contributed by atoms with Gasteiger partial charge in [-0.3, -0.25) is 0 Å². The van der Waals surface area contributed by atoms with E-state index < -0.39 is 10.2 Å². The summed E-state index contributed by atoms with van der Waals surface area (Å²) in [6, 6.07) is 21.4. The minimum absolute atomic E-state index is 0.151.